The summed E-state index contributed by atoms with van der Waals surface area (Å²) in [4.78, 5) is 0. The molecule has 0 spiro atoms. The smallest absolute Gasteiger partial charge is 0.0827 e. The molecule has 0 aliphatic heterocycles. The second kappa shape index (κ2) is 6.77. The van der Waals surface area contributed by atoms with Crippen LogP contribution >= 0.6 is 0 Å². The summed E-state index contributed by atoms with van der Waals surface area (Å²) in [6.07, 6.45) is 9.36. The molecule has 0 bridgehead atoms. The van der Waals surface area contributed by atoms with Crippen LogP contribution < -0.4 is 0 Å². The van der Waals surface area contributed by atoms with Gasteiger partial charge >= 0.3 is 0 Å². The Morgan fingerprint density at radius 3 is 2.59 bits per heavy atom. The van der Waals surface area contributed by atoms with E-state index in [9.17, 15) is 0 Å². The van der Waals surface area contributed by atoms with Gasteiger partial charge < -0.3 is 0 Å². The van der Waals surface area contributed by atoms with E-state index in [-0.39, 0.29) is 0 Å². The minimum atomic E-state index is 0.428. The highest BCUT2D eigenvalue weighted by molar-refractivity contribution is 4.92. The maximum atomic E-state index is 4.23. The van der Waals surface area contributed by atoms with Crippen molar-refractivity contribution in [3.05, 3.63) is 11.9 Å². The molecule has 0 atom stereocenters. The molecule has 0 aliphatic rings. The van der Waals surface area contributed by atoms with Gasteiger partial charge in [-0.3, -0.25) is 4.68 Å². The number of aryl methyl sites for hydroxylation is 2. The van der Waals surface area contributed by atoms with Gasteiger partial charge in [0.05, 0.1) is 5.69 Å². The molecule has 0 saturated carbocycles. The van der Waals surface area contributed by atoms with E-state index in [2.05, 4.69) is 44.2 Å². The summed E-state index contributed by atoms with van der Waals surface area (Å²) in [5, 5.41) is 8.40. The van der Waals surface area contributed by atoms with E-state index >= 15 is 0 Å². The number of hydrogen-bond donors (Lipinski definition) is 0. The van der Waals surface area contributed by atoms with Crippen molar-refractivity contribution in [2.45, 2.75) is 72.8 Å². The third kappa shape index (κ3) is 6.44. The Bertz CT molecular complexity index is 310. The van der Waals surface area contributed by atoms with Crippen molar-refractivity contribution in [3.8, 4) is 0 Å². The van der Waals surface area contributed by atoms with Crippen LogP contribution in [-0.4, -0.2) is 15.0 Å². The average molecular weight is 237 g/mol. The van der Waals surface area contributed by atoms with Crippen molar-refractivity contribution in [1.29, 1.82) is 0 Å². The quantitative estimate of drug-likeness (QED) is 0.675. The maximum Gasteiger partial charge on any atom is 0.0827 e. The van der Waals surface area contributed by atoms with Crippen LogP contribution in [0.2, 0.25) is 0 Å². The monoisotopic (exact) mass is 237 g/mol. The number of nitrogens with zero attached hydrogens (tertiary/aromatic N) is 3. The Morgan fingerprint density at radius 1 is 1.18 bits per heavy atom. The maximum absolute atomic E-state index is 4.23. The summed E-state index contributed by atoms with van der Waals surface area (Å²) < 4.78 is 1.99. The molecule has 3 heteroatoms. The minimum Gasteiger partial charge on any atom is -0.252 e. The normalized spacial score (nSPS) is 12.0. The minimum absolute atomic E-state index is 0.428. The van der Waals surface area contributed by atoms with Gasteiger partial charge in [-0.2, -0.15) is 0 Å². The van der Waals surface area contributed by atoms with Crippen LogP contribution in [0.15, 0.2) is 6.20 Å². The molecule has 0 saturated heterocycles. The molecule has 1 aromatic rings. The van der Waals surface area contributed by atoms with Crippen LogP contribution in [0.4, 0.5) is 0 Å². The Balaban J connectivity index is 2.26. The molecule has 0 fully saturated rings. The third-order valence-electron chi connectivity index (χ3n) is 2.94. The lowest BCUT2D eigenvalue weighted by Crippen LogP contribution is -2.05. The first-order chi connectivity index (χ1) is 8.01. The Kier molecular flexibility index (Phi) is 5.66. The van der Waals surface area contributed by atoms with Crippen molar-refractivity contribution >= 4 is 0 Å². The summed E-state index contributed by atoms with van der Waals surface area (Å²) in [6, 6.07) is 0. The lowest BCUT2D eigenvalue weighted by Gasteiger charge is -2.16. The highest BCUT2D eigenvalue weighted by Gasteiger charge is 2.10. The SMILES string of the molecule is CCCCCn1cc(CCCC(C)(C)C)nn1. The topological polar surface area (TPSA) is 30.7 Å². The molecule has 0 aromatic carbocycles. The summed E-state index contributed by atoms with van der Waals surface area (Å²) in [5.74, 6) is 0. The highest BCUT2D eigenvalue weighted by Crippen LogP contribution is 2.21. The van der Waals surface area contributed by atoms with Crippen molar-refractivity contribution in [1.82, 2.24) is 15.0 Å². The van der Waals surface area contributed by atoms with Gasteiger partial charge in [0, 0.05) is 12.7 Å². The molecule has 3 nitrogen and oxygen atoms in total. The zero-order chi connectivity index (χ0) is 12.7. The predicted octanol–water partition coefficient (Wildman–Crippen LogP) is 3.84. The molecule has 0 N–H and O–H groups in total. The second-order valence-electron chi connectivity index (χ2n) is 6.09. The predicted molar refractivity (Wildman–Crippen MR) is 71.9 cm³/mol. The zero-order valence-corrected chi connectivity index (χ0v) is 11.9. The van der Waals surface area contributed by atoms with Crippen LogP contribution in [-0.2, 0) is 13.0 Å². The van der Waals surface area contributed by atoms with E-state index < -0.39 is 0 Å². The lowest BCUT2D eigenvalue weighted by molar-refractivity contribution is 0.365. The molecule has 0 amide bonds. The average Bonchev–Trinajstić information content (AvgIpc) is 2.64. The third-order valence-corrected chi connectivity index (χ3v) is 2.94. The van der Waals surface area contributed by atoms with Gasteiger partial charge in [0.1, 0.15) is 0 Å². The highest BCUT2D eigenvalue weighted by atomic mass is 15.4. The second-order valence-corrected chi connectivity index (χ2v) is 6.09. The number of unbranched alkanes of at least 4 members (excludes halogenated alkanes) is 2. The standard InChI is InChI=1S/C14H27N3/c1-5-6-7-11-17-12-13(15-16-17)9-8-10-14(2,3)4/h12H,5-11H2,1-4H3. The van der Waals surface area contributed by atoms with Gasteiger partial charge in [-0.25, -0.2) is 0 Å². The molecule has 17 heavy (non-hydrogen) atoms. The Morgan fingerprint density at radius 2 is 1.94 bits per heavy atom. The number of aromatic nitrogens is 3. The van der Waals surface area contributed by atoms with Crippen LogP contribution in [0.25, 0.3) is 0 Å². The van der Waals surface area contributed by atoms with Crippen LogP contribution in [0, 0.1) is 5.41 Å². The van der Waals surface area contributed by atoms with Crippen molar-refractivity contribution in [2.24, 2.45) is 5.41 Å². The molecule has 1 rings (SSSR count). The van der Waals surface area contributed by atoms with Crippen LogP contribution in [0.1, 0.15) is 65.5 Å². The summed E-state index contributed by atoms with van der Waals surface area (Å²) in [5.41, 5.74) is 1.57. The summed E-state index contributed by atoms with van der Waals surface area (Å²) in [7, 11) is 0. The van der Waals surface area contributed by atoms with E-state index in [1.807, 2.05) is 4.68 Å². The van der Waals surface area contributed by atoms with Crippen LogP contribution in [0.5, 0.6) is 0 Å². The fourth-order valence-electron chi connectivity index (χ4n) is 1.89. The van der Waals surface area contributed by atoms with E-state index in [0.717, 1.165) is 18.7 Å². The fourth-order valence-corrected chi connectivity index (χ4v) is 1.89. The van der Waals surface area contributed by atoms with Crippen molar-refractivity contribution in [2.75, 3.05) is 0 Å². The van der Waals surface area contributed by atoms with Gasteiger partial charge in [-0.15, -0.1) is 5.10 Å². The molecule has 1 heterocycles. The first-order valence-corrected chi connectivity index (χ1v) is 6.90. The van der Waals surface area contributed by atoms with Gasteiger partial charge in [-0.05, 0) is 31.1 Å². The van der Waals surface area contributed by atoms with E-state index in [4.69, 9.17) is 0 Å². The molecular weight excluding hydrogens is 210 g/mol. The van der Waals surface area contributed by atoms with E-state index in [1.54, 1.807) is 0 Å². The van der Waals surface area contributed by atoms with Gasteiger partial charge in [0.2, 0.25) is 0 Å². The summed E-state index contributed by atoms with van der Waals surface area (Å²) in [6.45, 7) is 10.1. The van der Waals surface area contributed by atoms with Crippen molar-refractivity contribution < 1.29 is 0 Å². The Labute approximate surface area is 106 Å². The number of hydrogen-bond acceptors (Lipinski definition) is 2. The van der Waals surface area contributed by atoms with Gasteiger partial charge in [0.15, 0.2) is 0 Å². The fraction of sp³-hybridized carbons (Fsp3) is 0.857. The van der Waals surface area contributed by atoms with Crippen LogP contribution in [0.3, 0.4) is 0 Å². The van der Waals surface area contributed by atoms with E-state index in [0.29, 0.717) is 5.41 Å². The van der Waals surface area contributed by atoms with Gasteiger partial charge in [0.25, 0.3) is 0 Å². The first-order valence-electron chi connectivity index (χ1n) is 6.90. The largest absolute Gasteiger partial charge is 0.252 e. The molecule has 0 unspecified atom stereocenters. The Hall–Kier alpha value is -0.860. The lowest BCUT2D eigenvalue weighted by atomic mass is 9.89. The summed E-state index contributed by atoms with van der Waals surface area (Å²) >= 11 is 0. The zero-order valence-electron chi connectivity index (χ0n) is 11.9. The molecule has 0 radical (unpaired) electrons. The first kappa shape index (κ1) is 14.2. The number of rotatable bonds is 7. The molecule has 98 valence electrons. The van der Waals surface area contributed by atoms with Crippen molar-refractivity contribution in [3.63, 3.8) is 0 Å². The molecule has 1 aromatic heterocycles. The van der Waals surface area contributed by atoms with Gasteiger partial charge in [-0.1, -0.05) is 45.7 Å². The van der Waals surface area contributed by atoms with E-state index in [1.165, 1.54) is 32.1 Å². The molecule has 0 aliphatic carbocycles. The molecular formula is C14H27N3.